The van der Waals surface area contributed by atoms with Crippen molar-refractivity contribution in [3.8, 4) is 0 Å². The number of hydrogen-bond acceptors (Lipinski definition) is 4. The van der Waals surface area contributed by atoms with E-state index in [9.17, 15) is 0 Å². The van der Waals surface area contributed by atoms with Gasteiger partial charge in [-0.3, -0.25) is 4.99 Å². The molecule has 1 saturated carbocycles. The van der Waals surface area contributed by atoms with E-state index >= 15 is 0 Å². The summed E-state index contributed by atoms with van der Waals surface area (Å²) >= 11 is 0. The number of hydrogen-bond donors (Lipinski definition) is 2. The second-order valence-corrected chi connectivity index (χ2v) is 6.77. The molecule has 0 amide bonds. The van der Waals surface area contributed by atoms with Crippen molar-refractivity contribution in [1.29, 1.82) is 0 Å². The molecule has 1 aliphatic rings. The molecule has 144 valence electrons. The lowest BCUT2D eigenvalue weighted by atomic mass is 9.67. The number of nitrogens with zero attached hydrogens (tertiary/aromatic N) is 2. The highest BCUT2D eigenvalue weighted by Gasteiger charge is 2.36. The van der Waals surface area contributed by atoms with Gasteiger partial charge in [0.15, 0.2) is 5.96 Å². The van der Waals surface area contributed by atoms with E-state index in [1.807, 2.05) is 13.8 Å². The summed E-state index contributed by atoms with van der Waals surface area (Å²) < 4.78 is 10.5. The number of guanidine groups is 1. The second kappa shape index (κ2) is 11.0. The Balaban J connectivity index is 0.00000312. The van der Waals surface area contributed by atoms with Crippen LogP contribution in [0, 0.1) is 19.3 Å². The van der Waals surface area contributed by atoms with Gasteiger partial charge in [-0.1, -0.05) is 11.6 Å². The van der Waals surface area contributed by atoms with Gasteiger partial charge in [0, 0.05) is 38.9 Å². The van der Waals surface area contributed by atoms with Crippen LogP contribution in [-0.2, 0) is 11.2 Å². The van der Waals surface area contributed by atoms with E-state index < -0.39 is 0 Å². The first-order valence-electron chi connectivity index (χ1n) is 9.03. The highest BCUT2D eigenvalue weighted by atomic mass is 127. The van der Waals surface area contributed by atoms with Crippen molar-refractivity contribution in [2.45, 2.75) is 52.9 Å². The third-order valence-corrected chi connectivity index (χ3v) is 5.02. The fourth-order valence-corrected chi connectivity index (χ4v) is 3.24. The number of aromatic nitrogens is 1. The number of halogens is 1. The Morgan fingerprint density at radius 3 is 2.60 bits per heavy atom. The van der Waals surface area contributed by atoms with E-state index in [1.165, 1.54) is 24.8 Å². The quantitative estimate of drug-likeness (QED) is 0.334. The predicted molar refractivity (Wildman–Crippen MR) is 112 cm³/mol. The van der Waals surface area contributed by atoms with Crippen LogP contribution in [0.5, 0.6) is 0 Å². The molecule has 0 aromatic carbocycles. The average Bonchev–Trinajstić information content (AvgIpc) is 2.85. The summed E-state index contributed by atoms with van der Waals surface area (Å²) in [5.74, 6) is 1.80. The molecule has 1 aliphatic carbocycles. The van der Waals surface area contributed by atoms with Crippen LogP contribution in [0.4, 0.5) is 0 Å². The minimum absolute atomic E-state index is 0. The summed E-state index contributed by atoms with van der Waals surface area (Å²) in [6.45, 7) is 9.42. The number of nitrogens with one attached hydrogen (secondary N) is 2. The lowest BCUT2D eigenvalue weighted by Gasteiger charge is -2.40. The van der Waals surface area contributed by atoms with Crippen LogP contribution < -0.4 is 10.6 Å². The third kappa shape index (κ3) is 6.44. The monoisotopic (exact) mass is 464 g/mol. The summed E-state index contributed by atoms with van der Waals surface area (Å²) in [5, 5.41) is 10.8. The zero-order valence-electron chi connectivity index (χ0n) is 16.0. The Morgan fingerprint density at radius 2 is 2.08 bits per heavy atom. The van der Waals surface area contributed by atoms with E-state index in [1.54, 1.807) is 7.11 Å². The first-order valence-corrected chi connectivity index (χ1v) is 9.03. The molecule has 1 aromatic rings. The van der Waals surface area contributed by atoms with Crippen molar-refractivity contribution >= 4 is 29.9 Å². The zero-order chi connectivity index (χ0) is 17.4. The normalized spacial score (nSPS) is 16.1. The van der Waals surface area contributed by atoms with Crippen LogP contribution in [-0.4, -0.2) is 44.5 Å². The maximum atomic E-state index is 5.26. The van der Waals surface area contributed by atoms with Gasteiger partial charge >= 0.3 is 0 Å². The first kappa shape index (κ1) is 22.2. The molecule has 0 saturated heterocycles. The van der Waals surface area contributed by atoms with Gasteiger partial charge in [-0.15, -0.1) is 24.0 Å². The fraction of sp³-hybridized carbons (Fsp3) is 0.778. The number of aryl methyl sites for hydroxylation is 2. The van der Waals surface area contributed by atoms with Gasteiger partial charge in [-0.25, -0.2) is 0 Å². The van der Waals surface area contributed by atoms with Crippen LogP contribution in [0.1, 0.15) is 49.6 Å². The standard InChI is InChI=1S/C18H32N4O2.HI/c1-5-19-17(20-11-7-16-14(2)22-24-15(16)3)21-13-18(8-6-9-18)10-12-23-4;/h5-13H2,1-4H3,(H2,19,20,21);1H. The molecule has 0 radical (unpaired) electrons. The molecule has 0 aliphatic heterocycles. The molecule has 0 atom stereocenters. The molecular formula is C18H33IN4O2. The van der Waals surface area contributed by atoms with Gasteiger partial charge in [-0.2, -0.15) is 0 Å². The van der Waals surface area contributed by atoms with E-state index in [0.717, 1.165) is 56.5 Å². The highest BCUT2D eigenvalue weighted by molar-refractivity contribution is 14.0. The smallest absolute Gasteiger partial charge is 0.191 e. The molecule has 6 nitrogen and oxygen atoms in total. The fourth-order valence-electron chi connectivity index (χ4n) is 3.24. The lowest BCUT2D eigenvalue weighted by molar-refractivity contribution is 0.0778. The molecule has 0 spiro atoms. The van der Waals surface area contributed by atoms with Gasteiger partial charge in [0.1, 0.15) is 5.76 Å². The summed E-state index contributed by atoms with van der Waals surface area (Å²) in [4.78, 5) is 4.82. The molecule has 0 unspecified atom stereocenters. The van der Waals surface area contributed by atoms with E-state index in [2.05, 4.69) is 22.7 Å². The second-order valence-electron chi connectivity index (χ2n) is 6.77. The van der Waals surface area contributed by atoms with Gasteiger partial charge in [0.05, 0.1) is 5.69 Å². The van der Waals surface area contributed by atoms with Crippen molar-refractivity contribution in [1.82, 2.24) is 15.8 Å². The number of methoxy groups -OCH3 is 1. The number of rotatable bonds is 9. The maximum absolute atomic E-state index is 5.26. The van der Waals surface area contributed by atoms with Gasteiger partial charge in [0.25, 0.3) is 0 Å². The topological polar surface area (TPSA) is 71.7 Å². The SMILES string of the molecule is CCNC(=NCC1(CCOC)CCC1)NCCc1c(C)noc1C.I. The summed E-state index contributed by atoms with van der Waals surface area (Å²) in [6.07, 6.45) is 5.83. The zero-order valence-corrected chi connectivity index (χ0v) is 18.3. The molecule has 25 heavy (non-hydrogen) atoms. The summed E-state index contributed by atoms with van der Waals surface area (Å²) in [5.41, 5.74) is 2.51. The Labute approximate surface area is 168 Å². The van der Waals surface area contributed by atoms with Crippen molar-refractivity contribution in [2.24, 2.45) is 10.4 Å². The van der Waals surface area contributed by atoms with Crippen molar-refractivity contribution in [3.63, 3.8) is 0 Å². The van der Waals surface area contributed by atoms with Crippen LogP contribution in [0.15, 0.2) is 9.52 Å². The van der Waals surface area contributed by atoms with Crippen molar-refractivity contribution in [2.75, 3.05) is 33.4 Å². The number of aliphatic imine (C=N–C) groups is 1. The first-order chi connectivity index (χ1) is 11.6. The lowest BCUT2D eigenvalue weighted by Crippen LogP contribution is -2.41. The molecular weight excluding hydrogens is 431 g/mol. The summed E-state index contributed by atoms with van der Waals surface area (Å²) in [7, 11) is 1.77. The summed E-state index contributed by atoms with van der Waals surface area (Å²) in [6, 6.07) is 0. The molecule has 1 heterocycles. The minimum Gasteiger partial charge on any atom is -0.385 e. The Kier molecular flexibility index (Phi) is 9.78. The van der Waals surface area contributed by atoms with Gasteiger partial charge in [-0.05, 0) is 51.9 Å². The Bertz CT molecular complexity index is 522. The van der Waals surface area contributed by atoms with Crippen LogP contribution in [0.3, 0.4) is 0 Å². The van der Waals surface area contributed by atoms with Crippen LogP contribution in [0.2, 0.25) is 0 Å². The molecule has 7 heteroatoms. The number of ether oxygens (including phenoxy) is 1. The van der Waals surface area contributed by atoms with Crippen LogP contribution >= 0.6 is 24.0 Å². The predicted octanol–water partition coefficient (Wildman–Crippen LogP) is 3.21. The Hall–Kier alpha value is -0.830. The van der Waals surface area contributed by atoms with Crippen molar-refractivity contribution < 1.29 is 9.26 Å². The van der Waals surface area contributed by atoms with E-state index in [-0.39, 0.29) is 24.0 Å². The molecule has 2 rings (SSSR count). The van der Waals surface area contributed by atoms with Crippen LogP contribution in [0.25, 0.3) is 0 Å². The highest BCUT2D eigenvalue weighted by Crippen LogP contribution is 2.44. The average molecular weight is 464 g/mol. The van der Waals surface area contributed by atoms with E-state index in [0.29, 0.717) is 5.41 Å². The minimum atomic E-state index is 0. The molecule has 1 aromatic heterocycles. The molecule has 2 N–H and O–H groups in total. The largest absolute Gasteiger partial charge is 0.385 e. The van der Waals surface area contributed by atoms with Gasteiger partial charge < -0.3 is 19.9 Å². The maximum Gasteiger partial charge on any atom is 0.191 e. The van der Waals surface area contributed by atoms with Crippen molar-refractivity contribution in [3.05, 3.63) is 17.0 Å². The Morgan fingerprint density at radius 1 is 1.32 bits per heavy atom. The van der Waals surface area contributed by atoms with E-state index in [4.69, 9.17) is 14.3 Å². The molecule has 1 fully saturated rings. The van der Waals surface area contributed by atoms with Gasteiger partial charge in [0.2, 0.25) is 0 Å². The molecule has 0 bridgehead atoms. The third-order valence-electron chi connectivity index (χ3n) is 5.02.